The topological polar surface area (TPSA) is 58.6 Å². The van der Waals surface area contributed by atoms with Crippen molar-refractivity contribution in [3.8, 4) is 11.1 Å². The van der Waals surface area contributed by atoms with Crippen molar-refractivity contribution in [2.45, 2.75) is 46.2 Å². The largest absolute Gasteiger partial charge is 0.478 e. The first-order valence-electron chi connectivity index (χ1n) is 9.29. The van der Waals surface area contributed by atoms with Crippen LogP contribution in [0.25, 0.3) is 11.1 Å². The number of benzene rings is 2. The molecule has 142 valence electrons. The van der Waals surface area contributed by atoms with E-state index in [1.165, 1.54) is 0 Å². The summed E-state index contributed by atoms with van der Waals surface area (Å²) in [5.74, 6) is -0.905. The molecule has 0 amide bonds. The van der Waals surface area contributed by atoms with E-state index in [1.807, 2.05) is 50.2 Å². The number of rotatable bonds is 9. The summed E-state index contributed by atoms with van der Waals surface area (Å²) in [6.45, 7) is 7.40. The minimum absolute atomic E-state index is 0.261. The van der Waals surface area contributed by atoms with Crippen LogP contribution in [-0.2, 0) is 11.3 Å². The zero-order valence-corrected chi connectivity index (χ0v) is 16.3. The van der Waals surface area contributed by atoms with Gasteiger partial charge >= 0.3 is 5.97 Å². The standard InChI is InChI=1S/C20H25NO3.C2H6/c1-3-7-18(14-24-2)21-13-17-12-16(20(22)23)10-11-19(17)15-8-5-4-6-9-15;1-2/h4-6,8-12,18,21H,3,7,13-14H2,1-2H3,(H,22,23);1-2H3. The third-order valence-corrected chi connectivity index (χ3v) is 4.02. The third kappa shape index (κ3) is 6.62. The first kappa shape index (κ1) is 21.9. The van der Waals surface area contributed by atoms with Gasteiger partial charge in [0, 0.05) is 19.7 Å². The van der Waals surface area contributed by atoms with Crippen molar-refractivity contribution in [3.05, 3.63) is 59.7 Å². The number of methoxy groups -OCH3 is 1. The molecule has 0 heterocycles. The fourth-order valence-corrected chi connectivity index (χ4v) is 2.82. The Balaban J connectivity index is 0.00000163. The lowest BCUT2D eigenvalue weighted by atomic mass is 9.97. The minimum Gasteiger partial charge on any atom is -0.478 e. The van der Waals surface area contributed by atoms with E-state index in [2.05, 4.69) is 12.2 Å². The lowest BCUT2D eigenvalue weighted by molar-refractivity contribution is 0.0696. The van der Waals surface area contributed by atoms with E-state index in [-0.39, 0.29) is 6.04 Å². The highest BCUT2D eigenvalue weighted by Crippen LogP contribution is 2.25. The summed E-state index contributed by atoms with van der Waals surface area (Å²) >= 11 is 0. The zero-order valence-electron chi connectivity index (χ0n) is 16.3. The summed E-state index contributed by atoms with van der Waals surface area (Å²) in [6.07, 6.45) is 2.09. The summed E-state index contributed by atoms with van der Waals surface area (Å²) in [5, 5.41) is 12.8. The van der Waals surface area contributed by atoms with Crippen LogP contribution in [-0.4, -0.2) is 30.8 Å². The monoisotopic (exact) mass is 357 g/mol. The number of carboxylic acid groups (broad SMARTS) is 1. The van der Waals surface area contributed by atoms with Gasteiger partial charge in [0.1, 0.15) is 0 Å². The first-order chi connectivity index (χ1) is 12.7. The molecule has 0 fully saturated rings. The van der Waals surface area contributed by atoms with Gasteiger partial charge in [0.2, 0.25) is 0 Å². The Morgan fingerprint density at radius 3 is 2.42 bits per heavy atom. The molecule has 2 N–H and O–H groups in total. The molecule has 0 aliphatic carbocycles. The van der Waals surface area contributed by atoms with Crippen LogP contribution >= 0.6 is 0 Å². The number of hydrogen-bond donors (Lipinski definition) is 2. The molecule has 0 bridgehead atoms. The van der Waals surface area contributed by atoms with Gasteiger partial charge in [-0.05, 0) is 35.2 Å². The molecule has 0 spiro atoms. The predicted octanol–water partition coefficient (Wildman–Crippen LogP) is 4.98. The highest BCUT2D eigenvalue weighted by atomic mass is 16.5. The first-order valence-corrected chi connectivity index (χ1v) is 9.29. The number of carbonyl (C=O) groups is 1. The smallest absolute Gasteiger partial charge is 0.335 e. The molecule has 2 rings (SSSR count). The van der Waals surface area contributed by atoms with E-state index in [0.717, 1.165) is 29.5 Å². The molecule has 0 aliphatic rings. The molecule has 1 unspecified atom stereocenters. The van der Waals surface area contributed by atoms with Crippen molar-refractivity contribution in [2.75, 3.05) is 13.7 Å². The number of nitrogens with one attached hydrogen (secondary N) is 1. The Labute approximate surface area is 157 Å². The van der Waals surface area contributed by atoms with Crippen LogP contribution in [0.1, 0.15) is 49.5 Å². The van der Waals surface area contributed by atoms with E-state index in [4.69, 9.17) is 4.74 Å². The molecule has 4 heteroatoms. The van der Waals surface area contributed by atoms with Crippen LogP contribution in [0.5, 0.6) is 0 Å². The second-order valence-electron chi connectivity index (χ2n) is 5.86. The predicted molar refractivity (Wildman–Crippen MR) is 108 cm³/mol. The fourth-order valence-electron chi connectivity index (χ4n) is 2.82. The maximum Gasteiger partial charge on any atom is 0.335 e. The molecule has 26 heavy (non-hydrogen) atoms. The number of hydrogen-bond acceptors (Lipinski definition) is 3. The number of ether oxygens (including phenoxy) is 1. The second-order valence-corrected chi connectivity index (χ2v) is 5.86. The van der Waals surface area contributed by atoms with E-state index < -0.39 is 5.97 Å². The van der Waals surface area contributed by atoms with Crippen molar-refractivity contribution in [1.82, 2.24) is 5.32 Å². The molecular weight excluding hydrogens is 326 g/mol. The van der Waals surface area contributed by atoms with Crippen LogP contribution in [0.3, 0.4) is 0 Å². The van der Waals surface area contributed by atoms with Crippen LogP contribution in [0, 0.1) is 0 Å². The van der Waals surface area contributed by atoms with Gasteiger partial charge in [-0.3, -0.25) is 0 Å². The molecule has 0 aromatic heterocycles. The average Bonchev–Trinajstić information content (AvgIpc) is 2.68. The average molecular weight is 357 g/mol. The Morgan fingerprint density at radius 1 is 1.15 bits per heavy atom. The Hall–Kier alpha value is -2.17. The van der Waals surface area contributed by atoms with Crippen LogP contribution in [0.2, 0.25) is 0 Å². The summed E-state index contributed by atoms with van der Waals surface area (Å²) in [4.78, 5) is 11.3. The molecule has 0 radical (unpaired) electrons. The molecule has 2 aromatic carbocycles. The summed E-state index contributed by atoms with van der Waals surface area (Å²) in [7, 11) is 1.70. The Morgan fingerprint density at radius 2 is 1.85 bits per heavy atom. The van der Waals surface area contributed by atoms with Gasteiger partial charge in [-0.2, -0.15) is 0 Å². The normalized spacial score (nSPS) is 11.4. The second kappa shape index (κ2) is 12.2. The fraction of sp³-hybridized carbons (Fsp3) is 0.409. The molecular formula is C22H31NO3. The maximum absolute atomic E-state index is 11.3. The zero-order chi connectivity index (χ0) is 19.4. The van der Waals surface area contributed by atoms with Crippen molar-refractivity contribution in [3.63, 3.8) is 0 Å². The van der Waals surface area contributed by atoms with E-state index in [0.29, 0.717) is 18.7 Å². The highest BCUT2D eigenvalue weighted by Gasteiger charge is 2.12. The number of aromatic carboxylic acids is 1. The molecule has 4 nitrogen and oxygen atoms in total. The van der Waals surface area contributed by atoms with Crippen LogP contribution in [0.4, 0.5) is 0 Å². The van der Waals surface area contributed by atoms with Gasteiger partial charge in [-0.1, -0.05) is 63.6 Å². The van der Waals surface area contributed by atoms with Crippen molar-refractivity contribution in [1.29, 1.82) is 0 Å². The Kier molecular flexibility index (Phi) is 10.3. The molecule has 0 saturated heterocycles. The van der Waals surface area contributed by atoms with Crippen molar-refractivity contribution < 1.29 is 14.6 Å². The van der Waals surface area contributed by atoms with Gasteiger partial charge < -0.3 is 15.2 Å². The van der Waals surface area contributed by atoms with Gasteiger partial charge in [-0.25, -0.2) is 4.79 Å². The third-order valence-electron chi connectivity index (χ3n) is 4.02. The van der Waals surface area contributed by atoms with Gasteiger partial charge in [0.25, 0.3) is 0 Å². The maximum atomic E-state index is 11.3. The molecule has 1 atom stereocenters. The van der Waals surface area contributed by atoms with Crippen molar-refractivity contribution in [2.24, 2.45) is 0 Å². The Bertz CT molecular complexity index is 650. The van der Waals surface area contributed by atoms with Gasteiger partial charge in [-0.15, -0.1) is 0 Å². The van der Waals surface area contributed by atoms with Gasteiger partial charge in [0.05, 0.1) is 12.2 Å². The van der Waals surface area contributed by atoms with E-state index >= 15 is 0 Å². The minimum atomic E-state index is -0.905. The van der Waals surface area contributed by atoms with Crippen LogP contribution < -0.4 is 5.32 Å². The van der Waals surface area contributed by atoms with Gasteiger partial charge in [0.15, 0.2) is 0 Å². The lowest BCUT2D eigenvalue weighted by Crippen LogP contribution is -2.32. The van der Waals surface area contributed by atoms with E-state index in [1.54, 1.807) is 19.2 Å². The molecule has 0 saturated carbocycles. The molecule has 2 aromatic rings. The number of carboxylic acids is 1. The highest BCUT2D eigenvalue weighted by molar-refractivity contribution is 5.89. The summed E-state index contributed by atoms with van der Waals surface area (Å²) in [6, 6.07) is 15.6. The quantitative estimate of drug-likeness (QED) is 0.664. The van der Waals surface area contributed by atoms with E-state index in [9.17, 15) is 9.90 Å². The lowest BCUT2D eigenvalue weighted by Gasteiger charge is -2.19. The SMILES string of the molecule is CC.CCCC(COC)NCc1cc(C(=O)O)ccc1-c1ccccc1. The summed E-state index contributed by atoms with van der Waals surface area (Å²) < 4.78 is 5.27. The van der Waals surface area contributed by atoms with Crippen LogP contribution in [0.15, 0.2) is 48.5 Å². The molecule has 0 aliphatic heterocycles. The van der Waals surface area contributed by atoms with Crippen molar-refractivity contribution >= 4 is 5.97 Å². The summed E-state index contributed by atoms with van der Waals surface area (Å²) in [5.41, 5.74) is 3.44.